The van der Waals surface area contributed by atoms with Crippen molar-refractivity contribution in [2.75, 3.05) is 6.26 Å². The molecular weight excluding hydrogens is 324 g/mol. The molecule has 0 saturated heterocycles. The summed E-state index contributed by atoms with van der Waals surface area (Å²) in [5.41, 5.74) is 2.08. The van der Waals surface area contributed by atoms with E-state index < -0.39 is 0 Å². The van der Waals surface area contributed by atoms with Crippen molar-refractivity contribution >= 4 is 45.3 Å². The third-order valence-electron chi connectivity index (χ3n) is 3.45. The molecule has 1 amide bonds. The van der Waals surface area contributed by atoms with Crippen LogP contribution >= 0.6 is 23.1 Å². The van der Waals surface area contributed by atoms with Gasteiger partial charge in [-0.2, -0.15) is 4.99 Å². The van der Waals surface area contributed by atoms with E-state index in [-0.39, 0.29) is 5.91 Å². The summed E-state index contributed by atoms with van der Waals surface area (Å²) in [4.78, 5) is 18.2. The molecule has 5 heteroatoms. The molecule has 0 atom stereocenters. The van der Waals surface area contributed by atoms with Crippen LogP contribution in [0.15, 0.2) is 64.5 Å². The third kappa shape index (κ3) is 3.63. The predicted molar refractivity (Wildman–Crippen MR) is 98.6 cm³/mol. The Morgan fingerprint density at radius 1 is 1.17 bits per heavy atom. The Labute approximate surface area is 143 Å². The van der Waals surface area contributed by atoms with Gasteiger partial charge in [0.25, 0.3) is 5.91 Å². The van der Waals surface area contributed by atoms with Crippen LogP contribution in [-0.4, -0.2) is 16.7 Å². The number of thioether (sulfide) groups is 1. The number of carbonyl (C=O) groups excluding carboxylic acids is 1. The molecule has 0 saturated carbocycles. The van der Waals surface area contributed by atoms with E-state index in [1.54, 1.807) is 17.8 Å². The highest BCUT2D eigenvalue weighted by atomic mass is 32.2. The van der Waals surface area contributed by atoms with Crippen molar-refractivity contribution in [2.24, 2.45) is 12.0 Å². The number of aromatic nitrogens is 1. The Morgan fingerprint density at radius 2 is 1.91 bits per heavy atom. The minimum atomic E-state index is -0.249. The van der Waals surface area contributed by atoms with Gasteiger partial charge in [0.1, 0.15) is 0 Å². The molecule has 0 bridgehead atoms. The Hall–Kier alpha value is -2.11. The van der Waals surface area contributed by atoms with Crippen molar-refractivity contribution in [3.63, 3.8) is 0 Å². The van der Waals surface area contributed by atoms with Gasteiger partial charge in [0.05, 0.1) is 10.2 Å². The average molecular weight is 340 g/mol. The lowest BCUT2D eigenvalue weighted by molar-refractivity contribution is -0.113. The van der Waals surface area contributed by atoms with E-state index in [1.165, 1.54) is 22.3 Å². The number of rotatable bonds is 3. The van der Waals surface area contributed by atoms with E-state index in [0.29, 0.717) is 4.80 Å². The van der Waals surface area contributed by atoms with Crippen molar-refractivity contribution in [3.05, 3.63) is 65.0 Å². The van der Waals surface area contributed by atoms with Crippen LogP contribution in [0.1, 0.15) is 5.56 Å². The minimum Gasteiger partial charge on any atom is -0.319 e. The van der Waals surface area contributed by atoms with Gasteiger partial charge in [-0.3, -0.25) is 4.79 Å². The largest absolute Gasteiger partial charge is 0.319 e. The Kier molecular flexibility index (Phi) is 4.79. The zero-order chi connectivity index (χ0) is 16.2. The Balaban J connectivity index is 1.84. The van der Waals surface area contributed by atoms with Crippen LogP contribution in [0, 0.1) is 0 Å². The molecular formula is C18H16N2OS2. The van der Waals surface area contributed by atoms with Gasteiger partial charge >= 0.3 is 0 Å². The first-order valence-electron chi connectivity index (χ1n) is 7.13. The molecule has 116 valence electrons. The van der Waals surface area contributed by atoms with Gasteiger partial charge in [-0.15, -0.1) is 11.8 Å². The summed E-state index contributed by atoms with van der Waals surface area (Å²) in [7, 11) is 1.93. The summed E-state index contributed by atoms with van der Waals surface area (Å²) in [6, 6.07) is 16.1. The fourth-order valence-corrected chi connectivity index (χ4v) is 3.63. The number of amides is 1. The number of thiazole rings is 1. The molecule has 1 heterocycles. The van der Waals surface area contributed by atoms with Gasteiger partial charge in [-0.1, -0.05) is 35.6 Å². The molecule has 3 nitrogen and oxygen atoms in total. The monoisotopic (exact) mass is 340 g/mol. The van der Waals surface area contributed by atoms with Crippen LogP contribution in [0.4, 0.5) is 0 Å². The maximum absolute atomic E-state index is 12.1. The van der Waals surface area contributed by atoms with Crippen LogP contribution in [0.25, 0.3) is 16.3 Å². The number of aryl methyl sites for hydroxylation is 1. The average Bonchev–Trinajstić information content (AvgIpc) is 2.90. The third-order valence-corrected chi connectivity index (χ3v) is 5.31. The number of nitrogens with zero attached hydrogens (tertiary/aromatic N) is 2. The van der Waals surface area contributed by atoms with E-state index >= 15 is 0 Å². The van der Waals surface area contributed by atoms with E-state index in [2.05, 4.69) is 4.99 Å². The molecule has 3 aromatic rings. The summed E-state index contributed by atoms with van der Waals surface area (Å²) >= 11 is 3.21. The van der Waals surface area contributed by atoms with Crippen LogP contribution in [0.2, 0.25) is 0 Å². The lowest BCUT2D eigenvalue weighted by Crippen LogP contribution is -2.12. The van der Waals surface area contributed by atoms with Gasteiger partial charge < -0.3 is 4.57 Å². The highest BCUT2D eigenvalue weighted by Gasteiger charge is 2.02. The summed E-state index contributed by atoms with van der Waals surface area (Å²) in [6.45, 7) is 0. The van der Waals surface area contributed by atoms with Crippen LogP contribution in [0.5, 0.6) is 0 Å². The predicted octanol–water partition coefficient (Wildman–Crippen LogP) is 4.10. The molecule has 0 radical (unpaired) electrons. The van der Waals surface area contributed by atoms with Gasteiger partial charge in [0, 0.05) is 18.0 Å². The topological polar surface area (TPSA) is 34.4 Å². The number of carbonyl (C=O) groups is 1. The molecule has 3 rings (SSSR count). The highest BCUT2D eigenvalue weighted by Crippen LogP contribution is 2.16. The van der Waals surface area contributed by atoms with E-state index in [1.807, 2.05) is 66.4 Å². The lowest BCUT2D eigenvalue weighted by Gasteiger charge is -1.96. The van der Waals surface area contributed by atoms with Crippen molar-refractivity contribution in [3.8, 4) is 0 Å². The smallest absolute Gasteiger partial charge is 0.272 e. The van der Waals surface area contributed by atoms with Gasteiger partial charge in [-0.05, 0) is 42.2 Å². The number of fused-ring (bicyclic) bond motifs is 1. The fraction of sp³-hybridized carbons (Fsp3) is 0.111. The first-order chi connectivity index (χ1) is 11.2. The first-order valence-corrected chi connectivity index (χ1v) is 9.17. The van der Waals surface area contributed by atoms with Crippen LogP contribution in [-0.2, 0) is 11.8 Å². The van der Waals surface area contributed by atoms with E-state index in [4.69, 9.17) is 0 Å². The second-order valence-corrected chi connectivity index (χ2v) is 6.86. The molecule has 0 unspecified atom stereocenters. The van der Waals surface area contributed by atoms with Crippen molar-refractivity contribution in [1.82, 2.24) is 4.57 Å². The van der Waals surface area contributed by atoms with Gasteiger partial charge in [0.2, 0.25) is 0 Å². The normalized spacial score (nSPS) is 12.3. The van der Waals surface area contributed by atoms with Crippen LogP contribution < -0.4 is 4.80 Å². The summed E-state index contributed by atoms with van der Waals surface area (Å²) in [5, 5.41) is 0. The molecule has 0 aliphatic heterocycles. The minimum absolute atomic E-state index is 0.249. The number of hydrogen-bond donors (Lipinski definition) is 0. The van der Waals surface area contributed by atoms with Gasteiger partial charge in [0.15, 0.2) is 4.80 Å². The number of para-hydroxylation sites is 1. The first kappa shape index (κ1) is 15.8. The second-order valence-electron chi connectivity index (χ2n) is 4.97. The Morgan fingerprint density at radius 3 is 2.61 bits per heavy atom. The number of hydrogen-bond acceptors (Lipinski definition) is 3. The zero-order valence-corrected chi connectivity index (χ0v) is 14.5. The van der Waals surface area contributed by atoms with Crippen molar-refractivity contribution in [1.29, 1.82) is 0 Å². The van der Waals surface area contributed by atoms with Crippen molar-refractivity contribution < 1.29 is 4.79 Å². The maximum Gasteiger partial charge on any atom is 0.272 e. The standard InChI is InChI=1S/C18H16N2OS2/c1-20-15-5-3-4-6-16(15)23-18(20)19-17(21)12-9-13-7-10-14(22-2)11-8-13/h3-12H,1-2H3. The maximum atomic E-state index is 12.1. The summed E-state index contributed by atoms with van der Waals surface area (Å²) in [5.74, 6) is -0.249. The highest BCUT2D eigenvalue weighted by molar-refractivity contribution is 7.98. The number of benzene rings is 2. The molecule has 0 aliphatic rings. The Bertz CT molecular complexity index is 934. The zero-order valence-electron chi connectivity index (χ0n) is 12.9. The van der Waals surface area contributed by atoms with Crippen LogP contribution in [0.3, 0.4) is 0 Å². The van der Waals surface area contributed by atoms with E-state index in [0.717, 1.165) is 15.8 Å². The second kappa shape index (κ2) is 6.98. The van der Waals surface area contributed by atoms with Gasteiger partial charge in [-0.25, -0.2) is 0 Å². The summed E-state index contributed by atoms with van der Waals surface area (Å²) < 4.78 is 3.07. The molecule has 0 N–H and O–H groups in total. The fourth-order valence-electron chi connectivity index (χ4n) is 2.20. The molecule has 0 fully saturated rings. The summed E-state index contributed by atoms with van der Waals surface area (Å²) in [6.07, 6.45) is 5.35. The molecule has 0 spiro atoms. The quantitative estimate of drug-likeness (QED) is 0.531. The lowest BCUT2D eigenvalue weighted by atomic mass is 10.2. The molecule has 2 aromatic carbocycles. The van der Waals surface area contributed by atoms with Crippen molar-refractivity contribution in [2.45, 2.75) is 4.90 Å². The SMILES string of the molecule is CSc1ccc(C=CC(=O)N=c2sc3ccccc3n2C)cc1. The molecule has 23 heavy (non-hydrogen) atoms. The van der Waals surface area contributed by atoms with E-state index in [9.17, 15) is 4.79 Å². The molecule has 1 aromatic heterocycles. The molecule has 0 aliphatic carbocycles.